The number of amides is 1. The second-order valence-electron chi connectivity index (χ2n) is 5.52. The molecule has 1 aromatic rings. The molecular formula is C16H19N3O2S. The fraction of sp³-hybridized carbons (Fsp3) is 0.500. The summed E-state index contributed by atoms with van der Waals surface area (Å²) in [4.78, 5) is 14.3. The summed E-state index contributed by atoms with van der Waals surface area (Å²) >= 11 is 1.73. The van der Waals surface area contributed by atoms with Crippen LogP contribution in [0, 0.1) is 11.3 Å². The molecule has 5 nitrogen and oxygen atoms in total. The van der Waals surface area contributed by atoms with E-state index in [1.807, 2.05) is 24.3 Å². The van der Waals surface area contributed by atoms with Crippen LogP contribution in [-0.4, -0.2) is 42.3 Å². The molecule has 0 radical (unpaired) electrons. The summed E-state index contributed by atoms with van der Waals surface area (Å²) in [5, 5.41) is 12.6. The number of methoxy groups -OCH3 is 1. The Morgan fingerprint density at radius 2 is 2.23 bits per heavy atom. The van der Waals surface area contributed by atoms with Crippen molar-refractivity contribution >= 4 is 17.7 Å². The number of benzene rings is 1. The lowest BCUT2D eigenvalue weighted by Crippen LogP contribution is -2.46. The topological polar surface area (TPSA) is 65.4 Å². The van der Waals surface area contributed by atoms with E-state index >= 15 is 0 Å². The smallest absolute Gasteiger partial charge is 0.241 e. The van der Waals surface area contributed by atoms with Crippen LogP contribution < -0.4 is 10.1 Å². The molecule has 3 atom stereocenters. The van der Waals surface area contributed by atoms with E-state index in [-0.39, 0.29) is 23.4 Å². The van der Waals surface area contributed by atoms with E-state index in [1.54, 1.807) is 23.8 Å². The number of hydrogen-bond donors (Lipinski definition) is 1. The van der Waals surface area contributed by atoms with Gasteiger partial charge in [-0.25, -0.2) is 0 Å². The van der Waals surface area contributed by atoms with Crippen LogP contribution in [0.15, 0.2) is 24.3 Å². The molecule has 2 saturated heterocycles. The van der Waals surface area contributed by atoms with Crippen molar-refractivity contribution in [1.82, 2.24) is 10.2 Å². The van der Waals surface area contributed by atoms with E-state index in [2.05, 4.69) is 11.4 Å². The predicted molar refractivity (Wildman–Crippen MR) is 85.5 cm³/mol. The molecule has 0 saturated carbocycles. The number of ether oxygens (including phenoxy) is 1. The van der Waals surface area contributed by atoms with Crippen molar-refractivity contribution in [3.05, 3.63) is 29.8 Å². The van der Waals surface area contributed by atoms with Gasteiger partial charge < -0.3 is 9.64 Å². The zero-order valence-electron chi connectivity index (χ0n) is 12.5. The van der Waals surface area contributed by atoms with Gasteiger partial charge in [-0.05, 0) is 30.5 Å². The second kappa shape index (κ2) is 6.59. The normalized spacial score (nSPS) is 27.6. The first kappa shape index (κ1) is 15.2. The van der Waals surface area contributed by atoms with Crippen LogP contribution in [0.4, 0.5) is 0 Å². The average molecular weight is 317 g/mol. The third-order valence-electron chi connectivity index (χ3n) is 4.18. The van der Waals surface area contributed by atoms with Gasteiger partial charge in [0.1, 0.15) is 11.8 Å². The van der Waals surface area contributed by atoms with Crippen LogP contribution in [0.25, 0.3) is 0 Å². The summed E-state index contributed by atoms with van der Waals surface area (Å²) in [6.45, 7) is 0.701. The molecular weight excluding hydrogens is 298 g/mol. The van der Waals surface area contributed by atoms with Gasteiger partial charge in [0.05, 0.1) is 24.6 Å². The number of nitrogens with one attached hydrogen (secondary N) is 1. The van der Waals surface area contributed by atoms with Crippen LogP contribution in [0.1, 0.15) is 23.8 Å². The van der Waals surface area contributed by atoms with E-state index in [0.29, 0.717) is 6.54 Å². The van der Waals surface area contributed by atoms with Crippen molar-refractivity contribution in [3.8, 4) is 11.8 Å². The maximum atomic E-state index is 12.6. The lowest BCUT2D eigenvalue weighted by molar-refractivity contribution is -0.132. The van der Waals surface area contributed by atoms with Gasteiger partial charge in [-0.15, -0.1) is 11.8 Å². The van der Waals surface area contributed by atoms with Crippen molar-refractivity contribution in [2.24, 2.45) is 0 Å². The Morgan fingerprint density at radius 3 is 2.91 bits per heavy atom. The first-order valence-corrected chi connectivity index (χ1v) is 8.49. The fourth-order valence-corrected chi connectivity index (χ4v) is 4.18. The van der Waals surface area contributed by atoms with Crippen molar-refractivity contribution in [2.45, 2.75) is 30.3 Å². The number of rotatable bonds is 3. The van der Waals surface area contributed by atoms with Crippen molar-refractivity contribution in [2.75, 3.05) is 19.4 Å². The lowest BCUT2D eigenvalue weighted by atomic mass is 10.2. The van der Waals surface area contributed by atoms with E-state index in [1.165, 1.54) is 0 Å². The zero-order chi connectivity index (χ0) is 15.5. The molecule has 1 amide bonds. The molecule has 0 aromatic heterocycles. The Morgan fingerprint density at radius 1 is 1.45 bits per heavy atom. The molecule has 116 valence electrons. The summed E-state index contributed by atoms with van der Waals surface area (Å²) in [5.41, 5.74) is 1.14. The molecule has 0 spiro atoms. The van der Waals surface area contributed by atoms with E-state index in [0.717, 1.165) is 29.9 Å². The van der Waals surface area contributed by atoms with Crippen LogP contribution in [0.2, 0.25) is 0 Å². The summed E-state index contributed by atoms with van der Waals surface area (Å²) in [7, 11) is 1.65. The van der Waals surface area contributed by atoms with Gasteiger partial charge in [-0.3, -0.25) is 10.1 Å². The van der Waals surface area contributed by atoms with E-state index in [9.17, 15) is 4.79 Å². The predicted octanol–water partition coefficient (Wildman–Crippen LogP) is 1.91. The summed E-state index contributed by atoms with van der Waals surface area (Å²) in [5.74, 6) is 1.63. The number of likely N-dealkylation sites (tertiary alicyclic amines) is 1. The minimum atomic E-state index is -0.251. The third-order valence-corrected chi connectivity index (χ3v) is 5.45. The molecule has 0 aliphatic carbocycles. The lowest BCUT2D eigenvalue weighted by Gasteiger charge is -2.23. The van der Waals surface area contributed by atoms with Gasteiger partial charge in [0.15, 0.2) is 0 Å². The highest BCUT2D eigenvalue weighted by atomic mass is 32.2. The van der Waals surface area contributed by atoms with Gasteiger partial charge in [-0.1, -0.05) is 12.1 Å². The highest BCUT2D eigenvalue weighted by molar-refractivity contribution is 7.99. The number of nitriles is 1. The summed E-state index contributed by atoms with van der Waals surface area (Å²) < 4.78 is 5.16. The molecule has 1 aromatic carbocycles. The molecule has 1 N–H and O–H groups in total. The number of hydrogen-bond acceptors (Lipinski definition) is 5. The van der Waals surface area contributed by atoms with Gasteiger partial charge >= 0.3 is 0 Å². The molecule has 6 heteroatoms. The molecule has 2 aliphatic heterocycles. The third kappa shape index (κ3) is 2.92. The first-order chi connectivity index (χ1) is 10.7. The Bertz CT molecular complexity index is 584. The van der Waals surface area contributed by atoms with Crippen LogP contribution >= 0.6 is 11.8 Å². The summed E-state index contributed by atoms with van der Waals surface area (Å²) in [6.07, 6.45) is 1.72. The standard InChI is InChI=1S/C16H19N3O2S/c1-21-13-6-4-11(5-7-13)15-18-14(10-22-15)16(20)19-8-2-3-12(19)9-17/h4-7,12,14-15,18H,2-3,8,10H2,1H3/t12-,14-,15?/m0/s1. The zero-order valence-corrected chi connectivity index (χ0v) is 13.3. The van der Waals surface area contributed by atoms with Crippen molar-refractivity contribution < 1.29 is 9.53 Å². The molecule has 22 heavy (non-hydrogen) atoms. The molecule has 2 aliphatic rings. The number of carbonyl (C=O) groups excluding carboxylic acids is 1. The van der Waals surface area contributed by atoms with Crippen LogP contribution in [0.5, 0.6) is 5.75 Å². The Kier molecular flexibility index (Phi) is 4.55. The quantitative estimate of drug-likeness (QED) is 0.922. The SMILES string of the molecule is COc1ccc(C2N[C@H](C(=O)N3CCC[C@H]3C#N)CS2)cc1. The number of nitrogens with zero attached hydrogens (tertiary/aromatic N) is 2. The average Bonchev–Trinajstić information content (AvgIpc) is 3.23. The monoisotopic (exact) mass is 317 g/mol. The highest BCUT2D eigenvalue weighted by Crippen LogP contribution is 2.34. The van der Waals surface area contributed by atoms with Crippen molar-refractivity contribution in [3.63, 3.8) is 0 Å². The van der Waals surface area contributed by atoms with Gasteiger partial charge in [-0.2, -0.15) is 5.26 Å². The largest absolute Gasteiger partial charge is 0.497 e. The molecule has 2 fully saturated rings. The number of thioether (sulfide) groups is 1. The minimum absolute atomic E-state index is 0.0626. The second-order valence-corrected chi connectivity index (χ2v) is 6.66. The molecule has 0 bridgehead atoms. The molecule has 3 rings (SSSR count). The maximum Gasteiger partial charge on any atom is 0.241 e. The van der Waals surface area contributed by atoms with Crippen LogP contribution in [-0.2, 0) is 4.79 Å². The summed E-state index contributed by atoms with van der Waals surface area (Å²) in [6, 6.07) is 9.67. The Balaban J connectivity index is 1.64. The fourth-order valence-electron chi connectivity index (χ4n) is 2.95. The van der Waals surface area contributed by atoms with Gasteiger partial charge in [0.25, 0.3) is 0 Å². The van der Waals surface area contributed by atoms with E-state index < -0.39 is 0 Å². The van der Waals surface area contributed by atoms with Gasteiger partial charge in [0, 0.05) is 12.3 Å². The maximum absolute atomic E-state index is 12.6. The minimum Gasteiger partial charge on any atom is -0.497 e. The Hall–Kier alpha value is -1.71. The number of carbonyl (C=O) groups is 1. The van der Waals surface area contributed by atoms with E-state index in [4.69, 9.17) is 10.00 Å². The first-order valence-electron chi connectivity index (χ1n) is 7.44. The van der Waals surface area contributed by atoms with Crippen LogP contribution in [0.3, 0.4) is 0 Å². The Labute approximate surface area is 134 Å². The van der Waals surface area contributed by atoms with Crippen molar-refractivity contribution in [1.29, 1.82) is 5.26 Å². The molecule has 2 heterocycles. The molecule has 1 unspecified atom stereocenters. The highest BCUT2D eigenvalue weighted by Gasteiger charge is 2.37. The van der Waals surface area contributed by atoms with Gasteiger partial charge in [0.2, 0.25) is 5.91 Å².